The SMILES string of the molecule is CCNC(=O)c1ccc(NC2CCCN(Cc3ccccc3)C2)cc1. The molecule has 0 saturated carbocycles. The van der Waals surface area contributed by atoms with E-state index in [1.165, 1.54) is 18.4 Å². The number of amides is 1. The molecule has 1 atom stereocenters. The van der Waals surface area contributed by atoms with E-state index in [9.17, 15) is 4.79 Å². The molecule has 4 heteroatoms. The smallest absolute Gasteiger partial charge is 0.251 e. The molecule has 1 aliphatic heterocycles. The van der Waals surface area contributed by atoms with Gasteiger partial charge in [0.15, 0.2) is 0 Å². The van der Waals surface area contributed by atoms with Crippen molar-refractivity contribution < 1.29 is 4.79 Å². The Labute approximate surface area is 150 Å². The summed E-state index contributed by atoms with van der Waals surface area (Å²) in [4.78, 5) is 14.3. The van der Waals surface area contributed by atoms with E-state index in [-0.39, 0.29) is 5.91 Å². The molecule has 2 N–H and O–H groups in total. The van der Waals surface area contributed by atoms with E-state index in [2.05, 4.69) is 45.9 Å². The number of likely N-dealkylation sites (tertiary alicyclic amines) is 1. The second-order valence-electron chi connectivity index (χ2n) is 6.64. The van der Waals surface area contributed by atoms with Crippen LogP contribution in [0.5, 0.6) is 0 Å². The van der Waals surface area contributed by atoms with Crippen molar-refractivity contribution in [3.05, 3.63) is 65.7 Å². The predicted molar refractivity (Wildman–Crippen MR) is 103 cm³/mol. The summed E-state index contributed by atoms with van der Waals surface area (Å²) in [7, 11) is 0. The molecule has 0 aliphatic carbocycles. The highest BCUT2D eigenvalue weighted by Crippen LogP contribution is 2.18. The molecule has 0 bridgehead atoms. The van der Waals surface area contributed by atoms with Crippen LogP contribution in [-0.4, -0.2) is 36.5 Å². The fraction of sp³-hybridized carbons (Fsp3) is 0.381. The van der Waals surface area contributed by atoms with Crippen molar-refractivity contribution in [2.24, 2.45) is 0 Å². The van der Waals surface area contributed by atoms with Gasteiger partial charge in [0.05, 0.1) is 0 Å². The van der Waals surface area contributed by atoms with Crippen LogP contribution in [0.15, 0.2) is 54.6 Å². The minimum absolute atomic E-state index is 0.0132. The normalized spacial score (nSPS) is 17.9. The van der Waals surface area contributed by atoms with Crippen molar-refractivity contribution in [1.82, 2.24) is 10.2 Å². The molecular formula is C21H27N3O. The minimum atomic E-state index is -0.0132. The number of carbonyl (C=O) groups is 1. The van der Waals surface area contributed by atoms with E-state index in [1.807, 2.05) is 31.2 Å². The third-order valence-electron chi connectivity index (χ3n) is 4.61. The van der Waals surface area contributed by atoms with E-state index >= 15 is 0 Å². The Bertz CT molecular complexity index is 669. The Hall–Kier alpha value is -2.33. The number of anilines is 1. The van der Waals surface area contributed by atoms with Crippen LogP contribution in [0.3, 0.4) is 0 Å². The van der Waals surface area contributed by atoms with Gasteiger partial charge in [-0.05, 0) is 56.1 Å². The molecule has 4 nitrogen and oxygen atoms in total. The number of carbonyl (C=O) groups excluding carboxylic acids is 1. The first-order chi connectivity index (χ1) is 12.2. The molecular weight excluding hydrogens is 310 g/mol. The van der Waals surface area contributed by atoms with Gasteiger partial charge in [-0.1, -0.05) is 30.3 Å². The van der Waals surface area contributed by atoms with Gasteiger partial charge >= 0.3 is 0 Å². The van der Waals surface area contributed by atoms with Gasteiger partial charge in [-0.15, -0.1) is 0 Å². The van der Waals surface area contributed by atoms with Crippen LogP contribution in [-0.2, 0) is 6.54 Å². The van der Waals surface area contributed by atoms with E-state index < -0.39 is 0 Å². The van der Waals surface area contributed by atoms with Crippen molar-refractivity contribution in [2.45, 2.75) is 32.4 Å². The van der Waals surface area contributed by atoms with E-state index in [4.69, 9.17) is 0 Å². The fourth-order valence-corrected chi connectivity index (χ4v) is 3.37. The number of nitrogens with zero attached hydrogens (tertiary/aromatic N) is 1. The van der Waals surface area contributed by atoms with Crippen molar-refractivity contribution in [3.8, 4) is 0 Å². The second-order valence-corrected chi connectivity index (χ2v) is 6.64. The van der Waals surface area contributed by atoms with Gasteiger partial charge in [0.25, 0.3) is 5.91 Å². The largest absolute Gasteiger partial charge is 0.381 e. The van der Waals surface area contributed by atoms with Crippen LogP contribution in [0, 0.1) is 0 Å². The fourth-order valence-electron chi connectivity index (χ4n) is 3.37. The highest BCUT2D eigenvalue weighted by molar-refractivity contribution is 5.94. The average molecular weight is 337 g/mol. The number of piperidine rings is 1. The standard InChI is InChI=1S/C21H27N3O/c1-2-22-21(25)18-10-12-19(13-11-18)23-20-9-6-14-24(16-20)15-17-7-4-3-5-8-17/h3-5,7-8,10-13,20,23H,2,6,9,14-16H2,1H3,(H,22,25). The average Bonchev–Trinajstić information content (AvgIpc) is 2.64. The maximum atomic E-state index is 11.8. The summed E-state index contributed by atoms with van der Waals surface area (Å²) in [5, 5.41) is 6.45. The predicted octanol–water partition coefficient (Wildman–Crippen LogP) is 3.51. The lowest BCUT2D eigenvalue weighted by Gasteiger charge is -2.33. The van der Waals surface area contributed by atoms with Gasteiger partial charge in [-0.3, -0.25) is 9.69 Å². The van der Waals surface area contributed by atoms with Crippen LogP contribution in [0.25, 0.3) is 0 Å². The summed E-state index contributed by atoms with van der Waals surface area (Å²) in [6, 6.07) is 18.9. The molecule has 1 amide bonds. The molecule has 1 fully saturated rings. The summed E-state index contributed by atoms with van der Waals surface area (Å²) in [5.74, 6) is -0.0132. The number of hydrogen-bond donors (Lipinski definition) is 2. The highest BCUT2D eigenvalue weighted by Gasteiger charge is 2.19. The molecule has 2 aromatic carbocycles. The lowest BCUT2D eigenvalue weighted by atomic mass is 10.0. The summed E-state index contributed by atoms with van der Waals surface area (Å²) >= 11 is 0. The molecule has 0 radical (unpaired) electrons. The summed E-state index contributed by atoms with van der Waals surface area (Å²) in [6.45, 7) is 5.79. The zero-order valence-corrected chi connectivity index (χ0v) is 14.9. The van der Waals surface area contributed by atoms with Gasteiger partial charge < -0.3 is 10.6 Å². The molecule has 3 rings (SSSR count). The molecule has 25 heavy (non-hydrogen) atoms. The highest BCUT2D eigenvalue weighted by atomic mass is 16.1. The molecule has 0 spiro atoms. The van der Waals surface area contributed by atoms with E-state index in [0.29, 0.717) is 18.2 Å². The second kappa shape index (κ2) is 8.67. The summed E-state index contributed by atoms with van der Waals surface area (Å²) in [6.07, 6.45) is 2.39. The van der Waals surface area contributed by atoms with Crippen molar-refractivity contribution in [2.75, 3.05) is 25.0 Å². The van der Waals surface area contributed by atoms with Crippen molar-refractivity contribution in [1.29, 1.82) is 0 Å². The number of benzene rings is 2. The third kappa shape index (κ3) is 5.07. The van der Waals surface area contributed by atoms with Crippen molar-refractivity contribution in [3.63, 3.8) is 0 Å². The molecule has 0 aromatic heterocycles. The van der Waals surface area contributed by atoms with Crippen molar-refractivity contribution >= 4 is 11.6 Å². The Balaban J connectivity index is 1.54. The van der Waals surface area contributed by atoms with Crippen LogP contribution >= 0.6 is 0 Å². The molecule has 1 aliphatic rings. The monoisotopic (exact) mass is 337 g/mol. The summed E-state index contributed by atoms with van der Waals surface area (Å²) < 4.78 is 0. The maximum absolute atomic E-state index is 11.8. The zero-order chi connectivity index (χ0) is 17.5. The van der Waals surface area contributed by atoms with E-state index in [1.54, 1.807) is 0 Å². The van der Waals surface area contributed by atoms with Crippen LogP contribution in [0.2, 0.25) is 0 Å². The Morgan fingerprint density at radius 2 is 1.88 bits per heavy atom. The quantitative estimate of drug-likeness (QED) is 0.848. The minimum Gasteiger partial charge on any atom is -0.381 e. The molecule has 2 aromatic rings. The first-order valence-electron chi connectivity index (χ1n) is 9.15. The first-order valence-corrected chi connectivity index (χ1v) is 9.15. The molecule has 132 valence electrons. The third-order valence-corrected chi connectivity index (χ3v) is 4.61. The van der Waals surface area contributed by atoms with Crippen LogP contribution in [0.1, 0.15) is 35.7 Å². The first kappa shape index (κ1) is 17.5. The molecule has 1 unspecified atom stereocenters. The topological polar surface area (TPSA) is 44.4 Å². The van der Waals surface area contributed by atoms with E-state index in [0.717, 1.165) is 25.3 Å². The van der Waals surface area contributed by atoms with Gasteiger partial charge in [-0.2, -0.15) is 0 Å². The Kier molecular flexibility index (Phi) is 6.07. The number of rotatable bonds is 6. The number of hydrogen-bond acceptors (Lipinski definition) is 3. The van der Waals surface area contributed by atoms with Gasteiger partial charge in [-0.25, -0.2) is 0 Å². The van der Waals surface area contributed by atoms with Gasteiger partial charge in [0.1, 0.15) is 0 Å². The zero-order valence-electron chi connectivity index (χ0n) is 14.9. The lowest BCUT2D eigenvalue weighted by Crippen LogP contribution is -2.41. The van der Waals surface area contributed by atoms with Crippen LogP contribution < -0.4 is 10.6 Å². The van der Waals surface area contributed by atoms with Gasteiger partial charge in [0.2, 0.25) is 0 Å². The van der Waals surface area contributed by atoms with Gasteiger partial charge in [0, 0.05) is 36.9 Å². The Morgan fingerprint density at radius 1 is 1.12 bits per heavy atom. The number of nitrogens with one attached hydrogen (secondary N) is 2. The Morgan fingerprint density at radius 3 is 2.60 bits per heavy atom. The summed E-state index contributed by atoms with van der Waals surface area (Å²) in [5.41, 5.74) is 3.16. The molecule has 1 saturated heterocycles. The molecule has 1 heterocycles. The lowest BCUT2D eigenvalue weighted by molar-refractivity contribution is 0.0956. The maximum Gasteiger partial charge on any atom is 0.251 e. The van der Waals surface area contributed by atoms with Crippen LogP contribution in [0.4, 0.5) is 5.69 Å².